The number of hydrogen-bond acceptors (Lipinski definition) is 5. The molecule has 1 aromatic carbocycles. The number of nitrogens with zero attached hydrogens (tertiary/aromatic N) is 4. The number of carbonyl (C=O) groups is 1. The number of rotatable bonds is 2. The van der Waals surface area contributed by atoms with Gasteiger partial charge in [-0.15, -0.1) is 11.8 Å². The Morgan fingerprint density at radius 3 is 2.67 bits per heavy atom. The maximum atomic E-state index is 12.9. The zero-order valence-corrected chi connectivity index (χ0v) is 14.5. The number of aromatic nitrogens is 2. The van der Waals surface area contributed by atoms with Gasteiger partial charge in [0.25, 0.3) is 0 Å². The Labute approximate surface area is 146 Å². The highest BCUT2D eigenvalue weighted by molar-refractivity contribution is 8.01. The molecule has 0 saturated carbocycles. The van der Waals surface area contributed by atoms with Crippen LogP contribution in [-0.2, 0) is 11.2 Å². The quantitative estimate of drug-likeness (QED) is 0.838. The standard InChI is InChI=1S/C18H20N4OS/c1-13-3-4-14-12-16(24-15(14)11-13)17(23)21-7-9-22(10-8-21)18-19-5-2-6-20-18/h2-6,11,16H,7-10,12H2,1H3. The topological polar surface area (TPSA) is 49.3 Å². The van der Waals surface area contributed by atoms with E-state index in [0.29, 0.717) is 0 Å². The van der Waals surface area contributed by atoms with Crippen molar-refractivity contribution in [1.29, 1.82) is 0 Å². The van der Waals surface area contributed by atoms with Crippen LogP contribution in [0, 0.1) is 6.92 Å². The molecule has 1 saturated heterocycles. The van der Waals surface area contributed by atoms with E-state index in [0.717, 1.165) is 38.5 Å². The lowest BCUT2D eigenvalue weighted by molar-refractivity contribution is -0.130. The van der Waals surface area contributed by atoms with Gasteiger partial charge in [-0.05, 0) is 31.0 Å². The van der Waals surface area contributed by atoms with E-state index in [9.17, 15) is 4.79 Å². The summed E-state index contributed by atoms with van der Waals surface area (Å²) >= 11 is 1.72. The van der Waals surface area contributed by atoms with Crippen LogP contribution in [0.1, 0.15) is 11.1 Å². The van der Waals surface area contributed by atoms with E-state index in [1.165, 1.54) is 16.0 Å². The summed E-state index contributed by atoms with van der Waals surface area (Å²) in [6.07, 6.45) is 4.36. The maximum Gasteiger partial charge on any atom is 0.236 e. The number of amides is 1. The molecule has 6 heteroatoms. The van der Waals surface area contributed by atoms with Gasteiger partial charge in [0.1, 0.15) is 0 Å². The highest BCUT2D eigenvalue weighted by Crippen LogP contribution is 2.38. The molecule has 0 bridgehead atoms. The van der Waals surface area contributed by atoms with Gasteiger partial charge in [0.2, 0.25) is 11.9 Å². The normalized spacial score (nSPS) is 20.1. The molecule has 2 aliphatic heterocycles. The number of hydrogen-bond donors (Lipinski definition) is 0. The minimum absolute atomic E-state index is 0.0290. The average Bonchev–Trinajstić information content (AvgIpc) is 3.05. The predicted molar refractivity (Wildman–Crippen MR) is 95.4 cm³/mol. The molecule has 3 heterocycles. The van der Waals surface area contributed by atoms with Crippen LogP contribution in [0.2, 0.25) is 0 Å². The highest BCUT2D eigenvalue weighted by Gasteiger charge is 2.33. The first-order valence-corrected chi connectivity index (χ1v) is 9.15. The van der Waals surface area contributed by atoms with Crippen molar-refractivity contribution in [2.75, 3.05) is 31.1 Å². The SMILES string of the molecule is Cc1ccc2c(c1)SC(C(=O)N1CCN(c3ncccn3)CC1)C2. The van der Waals surface area contributed by atoms with E-state index in [1.807, 2.05) is 11.0 Å². The van der Waals surface area contributed by atoms with Crippen LogP contribution >= 0.6 is 11.8 Å². The molecular formula is C18H20N4OS. The van der Waals surface area contributed by atoms with Crippen molar-refractivity contribution in [2.24, 2.45) is 0 Å². The first-order chi connectivity index (χ1) is 11.7. The minimum Gasteiger partial charge on any atom is -0.338 e. The van der Waals surface area contributed by atoms with Crippen LogP contribution in [0.4, 0.5) is 5.95 Å². The smallest absolute Gasteiger partial charge is 0.236 e. The third-order valence-corrected chi connectivity index (χ3v) is 5.89. The summed E-state index contributed by atoms with van der Waals surface area (Å²) < 4.78 is 0. The lowest BCUT2D eigenvalue weighted by Crippen LogP contribution is -2.51. The Balaban J connectivity index is 1.37. The van der Waals surface area contributed by atoms with Crippen molar-refractivity contribution in [2.45, 2.75) is 23.5 Å². The Kier molecular flexibility index (Phi) is 4.14. The summed E-state index contributed by atoms with van der Waals surface area (Å²) in [6.45, 7) is 5.16. The largest absolute Gasteiger partial charge is 0.338 e. The van der Waals surface area contributed by atoms with Crippen LogP contribution in [0.5, 0.6) is 0 Å². The van der Waals surface area contributed by atoms with Gasteiger partial charge in [0.15, 0.2) is 0 Å². The Morgan fingerprint density at radius 2 is 1.92 bits per heavy atom. The number of carbonyl (C=O) groups excluding carboxylic acids is 1. The molecule has 0 N–H and O–H groups in total. The number of piperazine rings is 1. The molecule has 4 rings (SSSR count). The molecule has 1 aromatic heterocycles. The van der Waals surface area contributed by atoms with Gasteiger partial charge in [-0.2, -0.15) is 0 Å². The number of thioether (sulfide) groups is 1. The first-order valence-electron chi connectivity index (χ1n) is 8.27. The van der Waals surface area contributed by atoms with Gasteiger partial charge < -0.3 is 9.80 Å². The molecule has 1 atom stereocenters. The van der Waals surface area contributed by atoms with Crippen molar-refractivity contribution >= 4 is 23.6 Å². The molecule has 1 amide bonds. The number of benzene rings is 1. The third kappa shape index (κ3) is 2.98. The fraction of sp³-hybridized carbons (Fsp3) is 0.389. The van der Waals surface area contributed by atoms with E-state index < -0.39 is 0 Å². The second-order valence-electron chi connectivity index (χ2n) is 6.28. The summed E-state index contributed by atoms with van der Waals surface area (Å²) in [7, 11) is 0. The van der Waals surface area contributed by atoms with E-state index in [-0.39, 0.29) is 11.2 Å². The molecule has 2 aliphatic rings. The second kappa shape index (κ2) is 6.43. The summed E-state index contributed by atoms with van der Waals surface area (Å²) in [5.74, 6) is 1.02. The maximum absolute atomic E-state index is 12.9. The Hall–Kier alpha value is -2.08. The zero-order valence-electron chi connectivity index (χ0n) is 13.7. The van der Waals surface area contributed by atoms with Crippen molar-refractivity contribution < 1.29 is 4.79 Å². The van der Waals surface area contributed by atoms with Crippen LogP contribution in [0.3, 0.4) is 0 Å². The minimum atomic E-state index is 0.0290. The van der Waals surface area contributed by atoms with Crippen LogP contribution in [-0.4, -0.2) is 52.2 Å². The van der Waals surface area contributed by atoms with Crippen molar-refractivity contribution in [3.63, 3.8) is 0 Å². The Morgan fingerprint density at radius 1 is 1.17 bits per heavy atom. The van der Waals surface area contributed by atoms with E-state index in [2.05, 4.69) is 40.0 Å². The highest BCUT2D eigenvalue weighted by atomic mass is 32.2. The lowest BCUT2D eigenvalue weighted by Gasteiger charge is -2.35. The van der Waals surface area contributed by atoms with Crippen molar-refractivity contribution in [3.05, 3.63) is 47.8 Å². The fourth-order valence-corrected chi connectivity index (χ4v) is 4.63. The summed E-state index contributed by atoms with van der Waals surface area (Å²) in [5.41, 5.74) is 2.56. The van der Waals surface area contributed by atoms with Crippen molar-refractivity contribution in [3.8, 4) is 0 Å². The van der Waals surface area contributed by atoms with Gasteiger partial charge in [-0.1, -0.05) is 17.7 Å². The van der Waals surface area contributed by atoms with Crippen LogP contribution < -0.4 is 4.90 Å². The molecule has 1 unspecified atom stereocenters. The van der Waals surface area contributed by atoms with Gasteiger partial charge in [-0.3, -0.25) is 4.79 Å². The molecule has 0 spiro atoms. The molecule has 0 aliphatic carbocycles. The first kappa shape index (κ1) is 15.4. The molecule has 1 fully saturated rings. The van der Waals surface area contributed by atoms with Crippen molar-refractivity contribution in [1.82, 2.24) is 14.9 Å². The average molecular weight is 340 g/mol. The molecule has 124 valence electrons. The lowest BCUT2D eigenvalue weighted by atomic mass is 10.1. The van der Waals surface area contributed by atoms with Gasteiger partial charge in [0.05, 0.1) is 5.25 Å². The van der Waals surface area contributed by atoms with E-state index in [4.69, 9.17) is 0 Å². The monoisotopic (exact) mass is 340 g/mol. The molecule has 2 aromatic rings. The third-order valence-electron chi connectivity index (χ3n) is 4.60. The second-order valence-corrected chi connectivity index (χ2v) is 7.53. The van der Waals surface area contributed by atoms with Crippen LogP contribution in [0.15, 0.2) is 41.6 Å². The molecule has 5 nitrogen and oxygen atoms in total. The predicted octanol–water partition coefficient (Wildman–Crippen LogP) is 2.15. The fourth-order valence-electron chi connectivity index (χ4n) is 3.26. The van der Waals surface area contributed by atoms with E-state index in [1.54, 1.807) is 24.2 Å². The van der Waals surface area contributed by atoms with Gasteiger partial charge >= 0.3 is 0 Å². The summed E-state index contributed by atoms with van der Waals surface area (Å²) in [5, 5.41) is 0.0290. The van der Waals surface area contributed by atoms with Crippen LogP contribution in [0.25, 0.3) is 0 Å². The van der Waals surface area contributed by atoms with E-state index >= 15 is 0 Å². The summed E-state index contributed by atoms with van der Waals surface area (Å²) in [4.78, 5) is 26.8. The number of anilines is 1. The summed E-state index contributed by atoms with van der Waals surface area (Å²) in [6, 6.07) is 8.30. The molecule has 0 radical (unpaired) electrons. The number of fused-ring (bicyclic) bond motifs is 1. The van der Waals surface area contributed by atoms with Gasteiger partial charge in [-0.25, -0.2) is 9.97 Å². The number of aryl methyl sites for hydroxylation is 1. The Bertz CT molecular complexity index is 744. The zero-order chi connectivity index (χ0) is 16.5. The van der Waals surface area contributed by atoms with Gasteiger partial charge in [0, 0.05) is 43.5 Å². The molecule has 24 heavy (non-hydrogen) atoms. The molecular weight excluding hydrogens is 320 g/mol.